The maximum absolute atomic E-state index is 13.9. The van der Waals surface area contributed by atoms with Gasteiger partial charge in [-0.05, 0) is 42.7 Å². The molecule has 0 bridgehead atoms. The van der Waals surface area contributed by atoms with Crippen LogP contribution in [-0.4, -0.2) is 48.7 Å². The molecule has 2 heterocycles. The third-order valence-corrected chi connectivity index (χ3v) is 6.73. The van der Waals surface area contributed by atoms with E-state index in [1.54, 1.807) is 24.3 Å². The van der Waals surface area contributed by atoms with Crippen LogP contribution in [-0.2, 0) is 21.4 Å². The maximum atomic E-state index is 13.9. The van der Waals surface area contributed by atoms with Crippen molar-refractivity contribution < 1.29 is 17.6 Å². The number of hydrogen-bond acceptors (Lipinski definition) is 4. The van der Waals surface area contributed by atoms with Gasteiger partial charge < -0.3 is 4.90 Å². The Morgan fingerprint density at radius 3 is 2.44 bits per heavy atom. The van der Waals surface area contributed by atoms with Gasteiger partial charge in [-0.25, -0.2) is 12.8 Å². The van der Waals surface area contributed by atoms with Gasteiger partial charge in [-0.1, -0.05) is 12.1 Å². The zero-order valence-corrected chi connectivity index (χ0v) is 15.9. The molecular formula is C19H22FN3O3S. The highest BCUT2D eigenvalue weighted by atomic mass is 32.2. The van der Waals surface area contributed by atoms with E-state index in [2.05, 4.69) is 4.98 Å². The van der Waals surface area contributed by atoms with E-state index in [1.165, 1.54) is 22.5 Å². The average molecular weight is 391 g/mol. The van der Waals surface area contributed by atoms with Gasteiger partial charge in [0.25, 0.3) is 0 Å². The Bertz CT molecular complexity index is 897. The summed E-state index contributed by atoms with van der Waals surface area (Å²) < 4.78 is 40.4. The van der Waals surface area contributed by atoms with Crippen LogP contribution in [0.25, 0.3) is 0 Å². The molecule has 1 saturated heterocycles. The number of carbonyl (C=O) groups excluding carboxylic acids is 1. The predicted octanol–water partition coefficient (Wildman–Crippen LogP) is 2.28. The topological polar surface area (TPSA) is 70.6 Å². The van der Waals surface area contributed by atoms with Gasteiger partial charge in [0.1, 0.15) is 10.7 Å². The van der Waals surface area contributed by atoms with Crippen molar-refractivity contribution >= 4 is 15.9 Å². The molecule has 0 N–H and O–H groups in total. The van der Waals surface area contributed by atoms with Gasteiger partial charge in [0.2, 0.25) is 15.9 Å². The van der Waals surface area contributed by atoms with Crippen LogP contribution in [0.1, 0.15) is 18.4 Å². The molecule has 0 aliphatic carbocycles. The van der Waals surface area contributed by atoms with Crippen molar-refractivity contribution in [1.82, 2.24) is 14.2 Å². The molecule has 1 aliphatic heterocycles. The summed E-state index contributed by atoms with van der Waals surface area (Å²) >= 11 is 0. The quantitative estimate of drug-likeness (QED) is 0.784. The lowest BCUT2D eigenvalue weighted by Crippen LogP contribution is -2.43. The van der Waals surface area contributed by atoms with E-state index in [0.29, 0.717) is 19.4 Å². The summed E-state index contributed by atoms with van der Waals surface area (Å²) in [6.07, 6.45) is 4.21. The van der Waals surface area contributed by atoms with Crippen molar-refractivity contribution in [2.75, 3.05) is 20.1 Å². The average Bonchev–Trinajstić information content (AvgIpc) is 2.68. The fourth-order valence-electron chi connectivity index (χ4n) is 3.29. The summed E-state index contributed by atoms with van der Waals surface area (Å²) in [6, 6.07) is 9.07. The summed E-state index contributed by atoms with van der Waals surface area (Å²) in [5, 5.41) is 0. The number of amides is 1. The first-order valence-electron chi connectivity index (χ1n) is 8.78. The van der Waals surface area contributed by atoms with Crippen LogP contribution in [0, 0.1) is 11.7 Å². The summed E-state index contributed by atoms with van der Waals surface area (Å²) in [5.74, 6) is -0.994. The summed E-state index contributed by atoms with van der Waals surface area (Å²) in [7, 11) is -2.14. The molecule has 0 radical (unpaired) electrons. The van der Waals surface area contributed by atoms with Gasteiger partial charge in [-0.15, -0.1) is 0 Å². The Kier molecular flexibility index (Phi) is 5.86. The fraction of sp³-hybridized carbons (Fsp3) is 0.368. The molecule has 1 aliphatic rings. The van der Waals surface area contributed by atoms with Crippen molar-refractivity contribution in [1.29, 1.82) is 0 Å². The number of carbonyl (C=O) groups is 1. The number of piperidine rings is 1. The largest absolute Gasteiger partial charge is 0.341 e. The Hall–Kier alpha value is -2.32. The second kappa shape index (κ2) is 8.14. The zero-order chi connectivity index (χ0) is 19.4. The first kappa shape index (κ1) is 19.4. The lowest BCUT2D eigenvalue weighted by Gasteiger charge is -2.32. The molecule has 3 rings (SSSR count). The molecule has 0 atom stereocenters. The van der Waals surface area contributed by atoms with Gasteiger partial charge in [-0.3, -0.25) is 9.78 Å². The maximum Gasteiger partial charge on any atom is 0.245 e. The van der Waals surface area contributed by atoms with Gasteiger partial charge in [0.05, 0.1) is 0 Å². The molecule has 0 unspecified atom stereocenters. The van der Waals surface area contributed by atoms with Crippen molar-refractivity contribution in [3.05, 3.63) is 60.2 Å². The second-order valence-electron chi connectivity index (χ2n) is 6.66. The molecule has 8 heteroatoms. The van der Waals surface area contributed by atoms with Crippen LogP contribution in [0.5, 0.6) is 0 Å². The Labute approximate surface area is 158 Å². The van der Waals surface area contributed by atoms with E-state index < -0.39 is 15.8 Å². The molecule has 0 spiro atoms. The predicted molar refractivity (Wildman–Crippen MR) is 98.6 cm³/mol. The third-order valence-electron chi connectivity index (χ3n) is 4.80. The Morgan fingerprint density at radius 2 is 1.81 bits per heavy atom. The third kappa shape index (κ3) is 4.33. The zero-order valence-electron chi connectivity index (χ0n) is 15.1. The molecule has 1 amide bonds. The number of aromatic nitrogens is 1. The molecule has 27 heavy (non-hydrogen) atoms. The molecule has 1 fully saturated rings. The van der Waals surface area contributed by atoms with Gasteiger partial charge >= 0.3 is 0 Å². The fourth-order valence-corrected chi connectivity index (χ4v) is 4.82. The minimum absolute atomic E-state index is 0.00486. The lowest BCUT2D eigenvalue weighted by atomic mass is 9.96. The van der Waals surface area contributed by atoms with Crippen molar-refractivity contribution in [2.45, 2.75) is 24.3 Å². The standard InChI is InChI=1S/C19H22FN3O3S/c1-22(14-15-6-10-21-11-7-15)19(24)16-8-12-23(13-9-16)27(25,26)18-5-3-2-4-17(18)20/h2-7,10-11,16H,8-9,12-14H2,1H3. The normalized spacial score (nSPS) is 16.2. The van der Waals surface area contributed by atoms with Crippen molar-refractivity contribution in [2.24, 2.45) is 5.92 Å². The van der Waals surface area contributed by atoms with E-state index in [9.17, 15) is 17.6 Å². The van der Waals surface area contributed by atoms with Crippen LogP contribution in [0.2, 0.25) is 0 Å². The Balaban J connectivity index is 1.61. The summed E-state index contributed by atoms with van der Waals surface area (Å²) in [5.41, 5.74) is 0.986. The number of pyridine rings is 1. The van der Waals surface area contributed by atoms with E-state index in [0.717, 1.165) is 11.6 Å². The van der Waals surface area contributed by atoms with Crippen LogP contribution >= 0.6 is 0 Å². The molecule has 6 nitrogen and oxygen atoms in total. The highest BCUT2D eigenvalue weighted by Crippen LogP contribution is 2.26. The Morgan fingerprint density at radius 1 is 1.19 bits per heavy atom. The van der Waals surface area contributed by atoms with Crippen LogP contribution < -0.4 is 0 Å². The van der Waals surface area contributed by atoms with Gasteiger partial charge in [-0.2, -0.15) is 4.31 Å². The molecular weight excluding hydrogens is 369 g/mol. The number of benzene rings is 1. The van der Waals surface area contributed by atoms with Crippen LogP contribution in [0.15, 0.2) is 53.7 Å². The van der Waals surface area contributed by atoms with Crippen LogP contribution in [0.3, 0.4) is 0 Å². The first-order valence-corrected chi connectivity index (χ1v) is 10.2. The monoisotopic (exact) mass is 391 g/mol. The minimum atomic E-state index is -3.88. The second-order valence-corrected chi connectivity index (χ2v) is 8.56. The number of sulfonamides is 1. The molecule has 144 valence electrons. The number of rotatable bonds is 5. The molecule has 1 aromatic heterocycles. The smallest absolute Gasteiger partial charge is 0.245 e. The highest BCUT2D eigenvalue weighted by Gasteiger charge is 2.34. The van der Waals surface area contributed by atoms with Crippen molar-refractivity contribution in [3.63, 3.8) is 0 Å². The highest BCUT2D eigenvalue weighted by molar-refractivity contribution is 7.89. The van der Waals surface area contributed by atoms with E-state index in [4.69, 9.17) is 0 Å². The van der Waals surface area contributed by atoms with Gasteiger partial charge in [0, 0.05) is 45.0 Å². The number of hydrogen-bond donors (Lipinski definition) is 0. The van der Waals surface area contributed by atoms with E-state index >= 15 is 0 Å². The summed E-state index contributed by atoms with van der Waals surface area (Å²) in [4.78, 5) is 18.0. The molecule has 0 saturated carbocycles. The molecule has 1 aromatic carbocycles. The minimum Gasteiger partial charge on any atom is -0.341 e. The van der Waals surface area contributed by atoms with Crippen LogP contribution in [0.4, 0.5) is 4.39 Å². The van der Waals surface area contributed by atoms with E-state index in [-0.39, 0.29) is 29.8 Å². The first-order chi connectivity index (χ1) is 12.9. The lowest BCUT2D eigenvalue weighted by molar-refractivity contribution is -0.135. The number of halogens is 1. The van der Waals surface area contributed by atoms with Crippen molar-refractivity contribution in [3.8, 4) is 0 Å². The number of nitrogens with zero attached hydrogens (tertiary/aromatic N) is 3. The summed E-state index contributed by atoms with van der Waals surface area (Å²) in [6.45, 7) is 0.890. The van der Waals surface area contributed by atoms with Gasteiger partial charge in [0.15, 0.2) is 0 Å². The SMILES string of the molecule is CN(Cc1ccncc1)C(=O)C1CCN(S(=O)(=O)c2ccccc2F)CC1. The van der Waals surface area contributed by atoms with E-state index in [1.807, 2.05) is 12.1 Å². The molecule has 2 aromatic rings.